The average Bonchev–Trinajstić information content (AvgIpc) is 2.68. The van der Waals surface area contributed by atoms with Gasteiger partial charge in [-0.05, 0) is 25.5 Å². The zero-order chi connectivity index (χ0) is 13.8. The van der Waals surface area contributed by atoms with Crippen LogP contribution in [0.3, 0.4) is 0 Å². The molecule has 5 heteroatoms. The fourth-order valence-electron chi connectivity index (χ4n) is 1.87. The van der Waals surface area contributed by atoms with Crippen molar-refractivity contribution in [2.45, 2.75) is 20.3 Å². The summed E-state index contributed by atoms with van der Waals surface area (Å²) in [6.07, 6.45) is 0.774. The van der Waals surface area contributed by atoms with E-state index in [0.29, 0.717) is 29.7 Å². The van der Waals surface area contributed by atoms with E-state index >= 15 is 0 Å². The van der Waals surface area contributed by atoms with E-state index in [0.717, 1.165) is 12.1 Å². The van der Waals surface area contributed by atoms with Crippen LogP contribution in [0, 0.1) is 0 Å². The number of benzene rings is 1. The van der Waals surface area contributed by atoms with E-state index in [1.54, 1.807) is 4.68 Å². The minimum Gasteiger partial charge on any atom is -0.490 e. The lowest BCUT2D eigenvalue weighted by atomic mass is 10.3. The SMILES string of the molecule is CCOc1ccccc1Oc1c(N)c(CC)nn1C. The Balaban J connectivity index is 2.33. The van der Waals surface area contributed by atoms with Crippen molar-refractivity contribution in [2.24, 2.45) is 7.05 Å². The first-order chi connectivity index (χ1) is 9.17. The second-order valence-corrected chi connectivity index (χ2v) is 4.12. The van der Waals surface area contributed by atoms with E-state index in [-0.39, 0.29) is 0 Å². The van der Waals surface area contributed by atoms with E-state index in [9.17, 15) is 0 Å². The number of nitrogens with zero attached hydrogens (tertiary/aromatic N) is 2. The van der Waals surface area contributed by atoms with Gasteiger partial charge in [-0.3, -0.25) is 0 Å². The van der Waals surface area contributed by atoms with Crippen LogP contribution < -0.4 is 15.2 Å². The molecule has 0 aliphatic heterocycles. The number of ether oxygens (including phenoxy) is 2. The summed E-state index contributed by atoms with van der Waals surface area (Å²) in [4.78, 5) is 0. The molecule has 0 fully saturated rings. The van der Waals surface area contributed by atoms with E-state index in [1.165, 1.54) is 0 Å². The minimum atomic E-state index is 0.545. The Morgan fingerprint density at radius 2 is 1.89 bits per heavy atom. The average molecular weight is 261 g/mol. The van der Waals surface area contributed by atoms with Crippen LogP contribution in [0.2, 0.25) is 0 Å². The fourth-order valence-corrected chi connectivity index (χ4v) is 1.87. The van der Waals surface area contributed by atoms with Crippen molar-refractivity contribution >= 4 is 5.69 Å². The lowest BCUT2D eigenvalue weighted by molar-refractivity contribution is 0.317. The van der Waals surface area contributed by atoms with Crippen molar-refractivity contribution in [1.82, 2.24) is 9.78 Å². The van der Waals surface area contributed by atoms with Gasteiger partial charge in [-0.1, -0.05) is 19.1 Å². The van der Waals surface area contributed by atoms with Crippen molar-refractivity contribution in [3.8, 4) is 17.4 Å². The highest BCUT2D eigenvalue weighted by Gasteiger charge is 2.15. The smallest absolute Gasteiger partial charge is 0.241 e. The molecule has 0 unspecified atom stereocenters. The summed E-state index contributed by atoms with van der Waals surface area (Å²) in [5.74, 6) is 1.88. The molecule has 0 atom stereocenters. The number of nitrogens with two attached hydrogens (primary N) is 1. The molecule has 1 heterocycles. The van der Waals surface area contributed by atoms with Crippen LogP contribution in [0.15, 0.2) is 24.3 Å². The molecule has 0 aliphatic rings. The molecule has 0 amide bonds. The quantitative estimate of drug-likeness (QED) is 0.899. The monoisotopic (exact) mass is 261 g/mol. The molecule has 1 aromatic heterocycles. The highest BCUT2D eigenvalue weighted by molar-refractivity contribution is 5.55. The van der Waals surface area contributed by atoms with Gasteiger partial charge in [0.2, 0.25) is 5.88 Å². The largest absolute Gasteiger partial charge is 0.490 e. The third kappa shape index (κ3) is 2.65. The van der Waals surface area contributed by atoms with Crippen molar-refractivity contribution in [3.63, 3.8) is 0 Å². The van der Waals surface area contributed by atoms with Gasteiger partial charge in [-0.25, -0.2) is 4.68 Å². The number of aromatic nitrogens is 2. The van der Waals surface area contributed by atoms with E-state index < -0.39 is 0 Å². The van der Waals surface area contributed by atoms with Crippen LogP contribution in [-0.2, 0) is 13.5 Å². The topological polar surface area (TPSA) is 62.3 Å². The van der Waals surface area contributed by atoms with Crippen molar-refractivity contribution in [2.75, 3.05) is 12.3 Å². The van der Waals surface area contributed by atoms with Gasteiger partial charge in [-0.15, -0.1) is 0 Å². The van der Waals surface area contributed by atoms with Crippen LogP contribution in [-0.4, -0.2) is 16.4 Å². The van der Waals surface area contributed by atoms with Gasteiger partial charge in [-0.2, -0.15) is 5.10 Å². The molecule has 0 spiro atoms. The van der Waals surface area contributed by atoms with Gasteiger partial charge in [0.25, 0.3) is 0 Å². The highest BCUT2D eigenvalue weighted by Crippen LogP contribution is 2.35. The van der Waals surface area contributed by atoms with Crippen LogP contribution in [0.5, 0.6) is 17.4 Å². The molecule has 0 saturated carbocycles. The highest BCUT2D eigenvalue weighted by atomic mass is 16.5. The molecule has 19 heavy (non-hydrogen) atoms. The Hall–Kier alpha value is -2.17. The van der Waals surface area contributed by atoms with E-state index in [1.807, 2.05) is 45.2 Å². The summed E-state index contributed by atoms with van der Waals surface area (Å²) in [6.45, 7) is 4.53. The van der Waals surface area contributed by atoms with Crippen LogP contribution in [0.1, 0.15) is 19.5 Å². The lowest BCUT2D eigenvalue weighted by Crippen LogP contribution is -1.99. The first-order valence-corrected chi connectivity index (χ1v) is 6.38. The Morgan fingerprint density at radius 3 is 2.47 bits per heavy atom. The molecule has 0 saturated heterocycles. The lowest BCUT2D eigenvalue weighted by Gasteiger charge is -2.11. The third-order valence-electron chi connectivity index (χ3n) is 2.80. The molecule has 0 bridgehead atoms. The van der Waals surface area contributed by atoms with Gasteiger partial charge in [0.1, 0.15) is 5.69 Å². The molecule has 102 valence electrons. The minimum absolute atomic E-state index is 0.545. The normalized spacial score (nSPS) is 10.5. The van der Waals surface area contributed by atoms with Gasteiger partial charge in [0, 0.05) is 7.05 Å². The summed E-state index contributed by atoms with van der Waals surface area (Å²) in [5, 5.41) is 4.33. The predicted molar refractivity (Wildman–Crippen MR) is 74.7 cm³/mol. The standard InChI is InChI=1S/C14H19N3O2/c1-4-10-13(15)14(17(3)16-10)19-12-9-7-6-8-11(12)18-5-2/h6-9H,4-5,15H2,1-3H3. The van der Waals surface area contributed by atoms with Gasteiger partial charge in [0.05, 0.1) is 12.3 Å². The van der Waals surface area contributed by atoms with Crippen molar-refractivity contribution in [1.29, 1.82) is 0 Å². The summed E-state index contributed by atoms with van der Waals surface area (Å²) in [5.41, 5.74) is 7.46. The van der Waals surface area contributed by atoms with Gasteiger partial charge in [0.15, 0.2) is 11.5 Å². The second-order valence-electron chi connectivity index (χ2n) is 4.12. The Morgan fingerprint density at radius 1 is 1.21 bits per heavy atom. The van der Waals surface area contributed by atoms with E-state index in [2.05, 4.69) is 5.10 Å². The maximum Gasteiger partial charge on any atom is 0.241 e. The number of rotatable bonds is 5. The Labute approximate surface area is 112 Å². The maximum absolute atomic E-state index is 6.04. The molecule has 0 radical (unpaired) electrons. The number of nitrogen functional groups attached to an aromatic ring is 1. The van der Waals surface area contributed by atoms with Crippen LogP contribution in [0.25, 0.3) is 0 Å². The number of para-hydroxylation sites is 2. The Kier molecular flexibility index (Phi) is 3.94. The molecule has 2 N–H and O–H groups in total. The summed E-state index contributed by atoms with van der Waals surface area (Å²) in [7, 11) is 1.81. The second kappa shape index (κ2) is 5.65. The molecular weight excluding hydrogens is 242 g/mol. The predicted octanol–water partition coefficient (Wildman–Crippen LogP) is 2.76. The number of hydrogen-bond acceptors (Lipinski definition) is 4. The number of hydrogen-bond donors (Lipinski definition) is 1. The van der Waals surface area contributed by atoms with Crippen LogP contribution >= 0.6 is 0 Å². The zero-order valence-corrected chi connectivity index (χ0v) is 11.5. The van der Waals surface area contributed by atoms with Crippen molar-refractivity contribution < 1.29 is 9.47 Å². The summed E-state index contributed by atoms with van der Waals surface area (Å²) >= 11 is 0. The number of anilines is 1. The summed E-state index contributed by atoms with van der Waals surface area (Å²) in [6, 6.07) is 7.52. The fraction of sp³-hybridized carbons (Fsp3) is 0.357. The van der Waals surface area contributed by atoms with Crippen molar-refractivity contribution in [3.05, 3.63) is 30.0 Å². The zero-order valence-electron chi connectivity index (χ0n) is 11.5. The molecule has 0 aliphatic carbocycles. The first-order valence-electron chi connectivity index (χ1n) is 6.38. The first kappa shape index (κ1) is 13.3. The van der Waals surface area contributed by atoms with Gasteiger partial charge >= 0.3 is 0 Å². The molecule has 5 nitrogen and oxygen atoms in total. The Bertz CT molecular complexity index is 564. The number of aryl methyl sites for hydroxylation is 2. The molecule has 2 aromatic rings. The summed E-state index contributed by atoms with van der Waals surface area (Å²) < 4.78 is 13.0. The van der Waals surface area contributed by atoms with Crippen LogP contribution in [0.4, 0.5) is 5.69 Å². The molecule has 1 aromatic carbocycles. The third-order valence-corrected chi connectivity index (χ3v) is 2.80. The van der Waals surface area contributed by atoms with E-state index in [4.69, 9.17) is 15.2 Å². The molecule has 2 rings (SSSR count). The molecular formula is C14H19N3O2. The maximum atomic E-state index is 6.04. The van der Waals surface area contributed by atoms with Gasteiger partial charge < -0.3 is 15.2 Å².